The van der Waals surface area contributed by atoms with Gasteiger partial charge in [0.25, 0.3) is 0 Å². The van der Waals surface area contributed by atoms with Gasteiger partial charge in [-0.2, -0.15) is 5.10 Å². The predicted octanol–water partition coefficient (Wildman–Crippen LogP) is 2.62. The summed E-state index contributed by atoms with van der Waals surface area (Å²) in [5.41, 5.74) is 2.08. The second-order valence-corrected chi connectivity index (χ2v) is 7.91. The molecule has 1 aromatic carbocycles. The van der Waals surface area contributed by atoms with Crippen LogP contribution < -0.4 is 5.32 Å². The van der Waals surface area contributed by atoms with Gasteiger partial charge >= 0.3 is 0 Å². The van der Waals surface area contributed by atoms with Gasteiger partial charge in [-0.25, -0.2) is 4.68 Å². The minimum Gasteiger partial charge on any atom is -0.310 e. The molecule has 3 rings (SSSR count). The largest absolute Gasteiger partial charge is 0.310 e. The van der Waals surface area contributed by atoms with Crippen LogP contribution >= 0.6 is 0 Å². The van der Waals surface area contributed by atoms with Gasteiger partial charge in [0.05, 0.1) is 22.9 Å². The highest BCUT2D eigenvalue weighted by molar-refractivity contribution is 7.83. The van der Waals surface area contributed by atoms with E-state index in [1.165, 1.54) is 0 Å². The van der Waals surface area contributed by atoms with E-state index in [1.54, 1.807) is 4.68 Å². The fourth-order valence-electron chi connectivity index (χ4n) is 2.31. The maximum absolute atomic E-state index is 12.4. The van der Waals surface area contributed by atoms with Crippen molar-refractivity contribution in [2.45, 2.75) is 32.3 Å². The summed E-state index contributed by atoms with van der Waals surface area (Å²) in [7, 11) is -0.926. The molecule has 0 saturated carbocycles. The van der Waals surface area contributed by atoms with Crippen molar-refractivity contribution in [3.8, 4) is 5.69 Å². The lowest BCUT2D eigenvalue weighted by atomic mass is 9.96. The first-order chi connectivity index (χ1) is 10.4. The molecule has 0 fully saturated rings. The van der Waals surface area contributed by atoms with Crippen LogP contribution in [0.3, 0.4) is 0 Å². The summed E-state index contributed by atoms with van der Waals surface area (Å²) in [6.07, 6.45) is 0. The SMILES string of the molecule is CC(C)(C)C(=O)Nc1c2c(nn1-c1ccccc1)C[S@@](=O)C2. The molecular weight excluding hydrogens is 298 g/mol. The van der Waals surface area contributed by atoms with Crippen molar-refractivity contribution in [3.05, 3.63) is 41.6 Å². The fourth-order valence-corrected chi connectivity index (χ4v) is 3.57. The Hall–Kier alpha value is -1.95. The second kappa shape index (κ2) is 5.35. The lowest BCUT2D eigenvalue weighted by Crippen LogP contribution is -2.29. The Bertz CT molecular complexity index is 745. The molecule has 1 aliphatic rings. The molecule has 6 heteroatoms. The van der Waals surface area contributed by atoms with Crippen molar-refractivity contribution in [2.75, 3.05) is 5.32 Å². The summed E-state index contributed by atoms with van der Waals surface area (Å²) in [5, 5.41) is 7.53. The smallest absolute Gasteiger partial charge is 0.230 e. The zero-order valence-corrected chi connectivity index (χ0v) is 13.7. The minimum absolute atomic E-state index is 0.0786. The van der Waals surface area contributed by atoms with Crippen molar-refractivity contribution in [1.82, 2.24) is 9.78 Å². The van der Waals surface area contributed by atoms with Crippen molar-refractivity contribution in [3.63, 3.8) is 0 Å². The van der Waals surface area contributed by atoms with E-state index in [9.17, 15) is 9.00 Å². The van der Waals surface area contributed by atoms with Crippen molar-refractivity contribution >= 4 is 22.5 Å². The number of rotatable bonds is 2. The van der Waals surface area contributed by atoms with E-state index in [-0.39, 0.29) is 5.91 Å². The topological polar surface area (TPSA) is 64.0 Å². The molecule has 5 nitrogen and oxygen atoms in total. The molecule has 0 spiro atoms. The van der Waals surface area contributed by atoms with Crippen LogP contribution in [0.4, 0.5) is 5.82 Å². The molecule has 116 valence electrons. The summed E-state index contributed by atoms with van der Waals surface area (Å²) in [6.45, 7) is 5.60. The van der Waals surface area contributed by atoms with Gasteiger partial charge in [0.2, 0.25) is 5.91 Å². The predicted molar refractivity (Wildman–Crippen MR) is 87.2 cm³/mol. The zero-order chi connectivity index (χ0) is 15.9. The number of hydrogen-bond donors (Lipinski definition) is 1. The average Bonchev–Trinajstić information content (AvgIpc) is 2.96. The Morgan fingerprint density at radius 1 is 1.23 bits per heavy atom. The van der Waals surface area contributed by atoms with Crippen molar-refractivity contribution in [2.24, 2.45) is 5.41 Å². The standard InChI is InChI=1S/C16H19N3O2S/c1-16(2,3)15(20)17-14-12-9-22(21)10-13(12)18-19(14)11-7-5-4-6-8-11/h4-8H,9-10H2,1-3H3,(H,17,20)/t22-/m0/s1. The molecule has 0 saturated heterocycles. The Kier molecular flexibility index (Phi) is 3.64. The first kappa shape index (κ1) is 15.0. The van der Waals surface area contributed by atoms with Gasteiger partial charge < -0.3 is 5.32 Å². The molecule has 1 atom stereocenters. The number of fused-ring (bicyclic) bond motifs is 1. The summed E-state index contributed by atoms with van der Waals surface area (Å²) in [4.78, 5) is 12.4. The summed E-state index contributed by atoms with van der Waals surface area (Å²) >= 11 is 0. The zero-order valence-electron chi connectivity index (χ0n) is 12.9. The van der Waals surface area contributed by atoms with E-state index in [0.717, 1.165) is 16.9 Å². The molecule has 1 amide bonds. The van der Waals surface area contributed by atoms with Gasteiger partial charge in [0, 0.05) is 21.8 Å². The molecule has 1 aromatic heterocycles. The van der Waals surface area contributed by atoms with Crippen LogP contribution in [0.1, 0.15) is 32.0 Å². The average molecular weight is 317 g/mol. The Morgan fingerprint density at radius 2 is 1.91 bits per heavy atom. The van der Waals surface area contributed by atoms with E-state index in [4.69, 9.17) is 0 Å². The molecule has 2 heterocycles. The molecule has 0 aliphatic carbocycles. The lowest BCUT2D eigenvalue weighted by Gasteiger charge is -2.19. The molecule has 1 aliphatic heterocycles. The number of carbonyl (C=O) groups excluding carboxylic acids is 1. The molecular formula is C16H19N3O2S. The van der Waals surface area contributed by atoms with Crippen molar-refractivity contribution < 1.29 is 9.00 Å². The number of benzene rings is 1. The maximum Gasteiger partial charge on any atom is 0.230 e. The molecule has 0 radical (unpaired) electrons. The second-order valence-electron chi connectivity index (χ2n) is 6.45. The number of nitrogens with zero attached hydrogens (tertiary/aromatic N) is 2. The molecule has 2 aromatic rings. The molecule has 1 N–H and O–H groups in total. The maximum atomic E-state index is 12.4. The third-order valence-corrected chi connectivity index (χ3v) is 4.79. The number of nitrogens with one attached hydrogen (secondary N) is 1. The van der Waals surface area contributed by atoms with E-state index in [2.05, 4.69) is 10.4 Å². The number of amides is 1. The quantitative estimate of drug-likeness (QED) is 0.926. The van der Waals surface area contributed by atoms with E-state index in [0.29, 0.717) is 17.3 Å². The van der Waals surface area contributed by atoms with Crippen LogP contribution in [-0.2, 0) is 27.1 Å². The fraction of sp³-hybridized carbons (Fsp3) is 0.375. The minimum atomic E-state index is -0.926. The van der Waals surface area contributed by atoms with E-state index >= 15 is 0 Å². The number of para-hydroxylation sites is 1. The number of aromatic nitrogens is 2. The summed E-state index contributed by atoms with van der Waals surface area (Å²) < 4.78 is 13.5. The van der Waals surface area contributed by atoms with Crippen LogP contribution in [-0.4, -0.2) is 19.9 Å². The Morgan fingerprint density at radius 3 is 2.55 bits per heavy atom. The van der Waals surface area contributed by atoms with Crippen LogP contribution in [0.2, 0.25) is 0 Å². The van der Waals surface area contributed by atoms with Crippen molar-refractivity contribution in [1.29, 1.82) is 0 Å². The number of carbonyl (C=O) groups is 1. The summed E-state index contributed by atoms with van der Waals surface area (Å²) in [5.74, 6) is 1.46. The van der Waals surface area contributed by atoms with Gasteiger partial charge in [-0.1, -0.05) is 39.0 Å². The molecule has 0 unspecified atom stereocenters. The number of anilines is 1. The first-order valence-corrected chi connectivity index (χ1v) is 8.67. The molecule has 22 heavy (non-hydrogen) atoms. The van der Waals surface area contributed by atoms with Crippen LogP contribution in [0.15, 0.2) is 30.3 Å². The third-order valence-electron chi connectivity index (χ3n) is 3.58. The van der Waals surface area contributed by atoms with Gasteiger partial charge in [-0.15, -0.1) is 0 Å². The lowest BCUT2D eigenvalue weighted by molar-refractivity contribution is -0.123. The number of hydrogen-bond acceptors (Lipinski definition) is 3. The summed E-state index contributed by atoms with van der Waals surface area (Å²) in [6, 6.07) is 9.66. The van der Waals surface area contributed by atoms with Gasteiger partial charge in [-0.3, -0.25) is 9.00 Å². The van der Waals surface area contributed by atoms with Gasteiger partial charge in [0.15, 0.2) is 0 Å². The monoisotopic (exact) mass is 317 g/mol. The van der Waals surface area contributed by atoms with Crippen LogP contribution in [0, 0.1) is 5.41 Å². The first-order valence-electron chi connectivity index (χ1n) is 7.19. The highest BCUT2D eigenvalue weighted by Gasteiger charge is 2.30. The van der Waals surface area contributed by atoms with Gasteiger partial charge in [-0.05, 0) is 12.1 Å². The Balaban J connectivity index is 2.07. The van der Waals surface area contributed by atoms with Crippen LogP contribution in [0.25, 0.3) is 5.69 Å². The third kappa shape index (κ3) is 2.70. The highest BCUT2D eigenvalue weighted by Crippen LogP contribution is 2.32. The van der Waals surface area contributed by atoms with Crippen LogP contribution in [0.5, 0.6) is 0 Å². The highest BCUT2D eigenvalue weighted by atomic mass is 32.2. The van der Waals surface area contributed by atoms with Gasteiger partial charge in [0.1, 0.15) is 5.82 Å². The molecule has 0 bridgehead atoms. The van der Waals surface area contributed by atoms with E-state index < -0.39 is 16.2 Å². The van der Waals surface area contributed by atoms with E-state index in [1.807, 2.05) is 51.1 Å². The normalized spacial score (nSPS) is 17.3. The Labute approximate surface area is 132 Å².